The molecule has 1 rings (SSSR count). The van der Waals surface area contributed by atoms with E-state index < -0.39 is 0 Å². The van der Waals surface area contributed by atoms with Crippen molar-refractivity contribution in [3.05, 3.63) is 11.6 Å². The summed E-state index contributed by atoms with van der Waals surface area (Å²) in [4.78, 5) is 14.0. The van der Waals surface area contributed by atoms with Gasteiger partial charge in [-0.3, -0.25) is 4.79 Å². The number of hydrogen-bond acceptors (Lipinski definition) is 3. The van der Waals surface area contributed by atoms with Crippen LogP contribution in [0.4, 0.5) is 0 Å². The Kier molecular flexibility index (Phi) is 6.98. The molecule has 0 bridgehead atoms. The molecule has 1 saturated heterocycles. The summed E-state index contributed by atoms with van der Waals surface area (Å²) in [6.07, 6.45) is 4.86. The van der Waals surface area contributed by atoms with Gasteiger partial charge in [0.1, 0.15) is 0 Å². The van der Waals surface area contributed by atoms with E-state index in [1.807, 2.05) is 13.8 Å². The lowest BCUT2D eigenvalue weighted by molar-refractivity contribution is -0.117. The van der Waals surface area contributed by atoms with Crippen molar-refractivity contribution in [2.24, 2.45) is 0 Å². The van der Waals surface area contributed by atoms with E-state index in [2.05, 4.69) is 10.2 Å². The first-order chi connectivity index (χ1) is 8.61. The second-order valence-electron chi connectivity index (χ2n) is 5.19. The summed E-state index contributed by atoms with van der Waals surface area (Å²) in [5, 5.41) is 3.07. The normalized spacial score (nSPS) is 17.5. The standard InChI is InChI=1S/C14H26N2O2/c1-12(2)11-14(17)15-13-5-8-16(9-6-13)7-4-10-18-3/h11,13H,4-10H2,1-3H3,(H,15,17). The van der Waals surface area contributed by atoms with Crippen LogP contribution < -0.4 is 5.32 Å². The van der Waals surface area contributed by atoms with E-state index in [-0.39, 0.29) is 5.91 Å². The van der Waals surface area contributed by atoms with Gasteiger partial charge in [-0.15, -0.1) is 0 Å². The maximum Gasteiger partial charge on any atom is 0.244 e. The van der Waals surface area contributed by atoms with Gasteiger partial charge in [-0.05, 0) is 33.1 Å². The molecule has 0 saturated carbocycles. The summed E-state index contributed by atoms with van der Waals surface area (Å²) in [5.74, 6) is 0.0489. The van der Waals surface area contributed by atoms with Gasteiger partial charge in [0.25, 0.3) is 0 Å². The van der Waals surface area contributed by atoms with Crippen LogP contribution >= 0.6 is 0 Å². The van der Waals surface area contributed by atoms with Crippen molar-refractivity contribution in [1.29, 1.82) is 0 Å². The molecule has 1 aliphatic rings. The minimum absolute atomic E-state index is 0.0489. The quantitative estimate of drug-likeness (QED) is 0.578. The molecule has 0 aliphatic carbocycles. The molecule has 1 amide bonds. The zero-order chi connectivity index (χ0) is 13.4. The predicted molar refractivity (Wildman–Crippen MR) is 73.5 cm³/mol. The third-order valence-electron chi connectivity index (χ3n) is 3.18. The molecule has 18 heavy (non-hydrogen) atoms. The van der Waals surface area contributed by atoms with Crippen molar-refractivity contribution in [2.45, 2.75) is 39.2 Å². The monoisotopic (exact) mass is 254 g/mol. The van der Waals surface area contributed by atoms with Crippen LogP contribution in [-0.4, -0.2) is 50.2 Å². The van der Waals surface area contributed by atoms with Gasteiger partial charge in [0, 0.05) is 45.5 Å². The Balaban J connectivity index is 2.19. The molecule has 0 spiro atoms. The van der Waals surface area contributed by atoms with Crippen molar-refractivity contribution in [3.63, 3.8) is 0 Å². The van der Waals surface area contributed by atoms with Crippen molar-refractivity contribution in [1.82, 2.24) is 10.2 Å². The largest absolute Gasteiger partial charge is 0.385 e. The molecule has 0 aromatic carbocycles. The van der Waals surface area contributed by atoms with E-state index in [1.165, 1.54) is 0 Å². The number of likely N-dealkylation sites (tertiary alicyclic amines) is 1. The fourth-order valence-corrected chi connectivity index (χ4v) is 2.24. The molecular weight excluding hydrogens is 228 g/mol. The number of carbonyl (C=O) groups is 1. The van der Waals surface area contributed by atoms with Gasteiger partial charge in [-0.25, -0.2) is 0 Å². The van der Waals surface area contributed by atoms with Crippen LogP contribution in [0.2, 0.25) is 0 Å². The smallest absolute Gasteiger partial charge is 0.244 e. The molecule has 4 heteroatoms. The average Bonchev–Trinajstić information content (AvgIpc) is 2.30. The van der Waals surface area contributed by atoms with Crippen LogP contribution in [0.15, 0.2) is 11.6 Å². The third-order valence-corrected chi connectivity index (χ3v) is 3.18. The topological polar surface area (TPSA) is 41.6 Å². The summed E-state index contributed by atoms with van der Waals surface area (Å²) in [7, 11) is 1.74. The number of hydrogen-bond donors (Lipinski definition) is 1. The van der Waals surface area contributed by atoms with Gasteiger partial charge in [-0.1, -0.05) is 5.57 Å². The van der Waals surface area contributed by atoms with Crippen molar-refractivity contribution >= 4 is 5.91 Å². The van der Waals surface area contributed by atoms with E-state index in [0.717, 1.165) is 51.1 Å². The summed E-state index contributed by atoms with van der Waals surface area (Å²) in [6.45, 7) is 7.96. The highest BCUT2D eigenvalue weighted by atomic mass is 16.5. The second kappa shape index (κ2) is 8.27. The lowest BCUT2D eigenvalue weighted by Gasteiger charge is -2.32. The van der Waals surface area contributed by atoms with Crippen LogP contribution in [0.5, 0.6) is 0 Å². The highest BCUT2D eigenvalue weighted by molar-refractivity contribution is 5.88. The molecule has 1 fully saturated rings. The Morgan fingerprint density at radius 1 is 1.39 bits per heavy atom. The average molecular weight is 254 g/mol. The molecule has 4 nitrogen and oxygen atoms in total. The van der Waals surface area contributed by atoms with Crippen LogP contribution in [0, 0.1) is 0 Å². The predicted octanol–water partition coefficient (Wildman–Crippen LogP) is 1.57. The molecule has 0 unspecified atom stereocenters. The Bertz CT molecular complexity index is 278. The van der Waals surface area contributed by atoms with Crippen LogP contribution in [0.1, 0.15) is 33.1 Å². The number of piperidine rings is 1. The number of rotatable bonds is 6. The van der Waals surface area contributed by atoms with Gasteiger partial charge in [0.05, 0.1) is 0 Å². The Morgan fingerprint density at radius 2 is 2.06 bits per heavy atom. The summed E-state index contributed by atoms with van der Waals surface area (Å²) in [5.41, 5.74) is 1.05. The maximum absolute atomic E-state index is 11.6. The Labute approximate surface area is 110 Å². The first-order valence-corrected chi connectivity index (χ1v) is 6.78. The molecule has 1 heterocycles. The molecule has 1 N–H and O–H groups in total. The summed E-state index contributed by atoms with van der Waals surface area (Å²) >= 11 is 0. The molecule has 1 aliphatic heterocycles. The second-order valence-corrected chi connectivity index (χ2v) is 5.19. The summed E-state index contributed by atoms with van der Waals surface area (Å²) in [6, 6.07) is 0.340. The Hall–Kier alpha value is -0.870. The maximum atomic E-state index is 11.6. The van der Waals surface area contributed by atoms with E-state index in [9.17, 15) is 4.79 Å². The minimum atomic E-state index is 0.0489. The van der Waals surface area contributed by atoms with Crippen molar-refractivity contribution in [2.75, 3.05) is 33.4 Å². The lowest BCUT2D eigenvalue weighted by Crippen LogP contribution is -2.44. The fourth-order valence-electron chi connectivity index (χ4n) is 2.24. The van der Waals surface area contributed by atoms with Gasteiger partial charge in [0.2, 0.25) is 5.91 Å². The highest BCUT2D eigenvalue weighted by Crippen LogP contribution is 2.10. The number of carbonyl (C=O) groups excluding carboxylic acids is 1. The zero-order valence-corrected chi connectivity index (χ0v) is 11.9. The van der Waals surface area contributed by atoms with Crippen molar-refractivity contribution in [3.8, 4) is 0 Å². The van der Waals surface area contributed by atoms with E-state index in [0.29, 0.717) is 6.04 Å². The number of nitrogens with one attached hydrogen (secondary N) is 1. The summed E-state index contributed by atoms with van der Waals surface area (Å²) < 4.78 is 5.05. The lowest BCUT2D eigenvalue weighted by atomic mass is 10.0. The third kappa shape index (κ3) is 6.17. The van der Waals surface area contributed by atoms with E-state index in [1.54, 1.807) is 13.2 Å². The molecular formula is C14H26N2O2. The molecule has 0 atom stereocenters. The first-order valence-electron chi connectivity index (χ1n) is 6.78. The van der Waals surface area contributed by atoms with E-state index in [4.69, 9.17) is 4.74 Å². The van der Waals surface area contributed by atoms with Crippen LogP contribution in [0.3, 0.4) is 0 Å². The number of amides is 1. The SMILES string of the molecule is COCCCN1CCC(NC(=O)C=C(C)C)CC1. The van der Waals surface area contributed by atoms with Crippen molar-refractivity contribution < 1.29 is 9.53 Å². The molecule has 0 radical (unpaired) electrons. The molecule has 0 aromatic heterocycles. The van der Waals surface area contributed by atoms with Gasteiger partial charge in [-0.2, -0.15) is 0 Å². The number of allylic oxidation sites excluding steroid dienone is 1. The van der Waals surface area contributed by atoms with Gasteiger partial charge < -0.3 is 15.0 Å². The zero-order valence-electron chi connectivity index (χ0n) is 11.9. The Morgan fingerprint density at radius 3 is 2.61 bits per heavy atom. The molecule has 0 aromatic rings. The van der Waals surface area contributed by atoms with Crippen LogP contribution in [0.25, 0.3) is 0 Å². The number of ether oxygens (including phenoxy) is 1. The fraction of sp³-hybridized carbons (Fsp3) is 0.786. The van der Waals surface area contributed by atoms with E-state index >= 15 is 0 Å². The first kappa shape index (κ1) is 15.2. The van der Waals surface area contributed by atoms with Gasteiger partial charge >= 0.3 is 0 Å². The number of nitrogens with zero attached hydrogens (tertiary/aromatic N) is 1. The number of methoxy groups -OCH3 is 1. The molecule has 104 valence electrons. The van der Waals surface area contributed by atoms with Crippen LogP contribution in [-0.2, 0) is 9.53 Å². The van der Waals surface area contributed by atoms with Gasteiger partial charge in [0.15, 0.2) is 0 Å². The minimum Gasteiger partial charge on any atom is -0.385 e. The highest BCUT2D eigenvalue weighted by Gasteiger charge is 2.19.